The first kappa shape index (κ1) is 19.0. The van der Waals surface area contributed by atoms with Crippen molar-refractivity contribution in [2.75, 3.05) is 14.2 Å². The summed E-state index contributed by atoms with van der Waals surface area (Å²) < 4.78 is 10.2. The van der Waals surface area contributed by atoms with Gasteiger partial charge in [0.15, 0.2) is 11.5 Å². The highest BCUT2D eigenvalue weighted by molar-refractivity contribution is 6.21. The molecule has 0 fully saturated rings. The number of carbonyl (C=O) groups excluding carboxylic acids is 5. The summed E-state index contributed by atoms with van der Waals surface area (Å²) >= 11 is 0. The number of hydrogen-bond donors (Lipinski definition) is 0. The fourth-order valence-corrected chi connectivity index (χ4v) is 2.96. The van der Waals surface area contributed by atoms with Gasteiger partial charge in [0, 0.05) is 6.92 Å². The number of carbonyl (C=O) groups is 5. The lowest BCUT2D eigenvalue weighted by Crippen LogP contribution is -2.33. The summed E-state index contributed by atoms with van der Waals surface area (Å²) in [5.41, 5.74) is -0.686. The molecule has 2 aromatic rings. The van der Waals surface area contributed by atoms with E-state index in [0.29, 0.717) is 0 Å². The molecule has 1 aromatic carbocycles. The molecule has 0 atom stereocenters. The third-order valence-electron chi connectivity index (χ3n) is 4.21. The van der Waals surface area contributed by atoms with Crippen LogP contribution in [0.1, 0.15) is 59.0 Å². The van der Waals surface area contributed by atoms with Crippen LogP contribution in [-0.4, -0.2) is 58.4 Å². The van der Waals surface area contributed by atoms with Crippen LogP contribution in [0.5, 0.6) is 0 Å². The predicted octanol–water partition coefficient (Wildman–Crippen LogP) is 0.913. The topological polar surface area (TPSA) is 125 Å². The van der Waals surface area contributed by atoms with E-state index in [1.54, 1.807) is 12.1 Å². The van der Waals surface area contributed by atoms with E-state index in [9.17, 15) is 24.0 Å². The van der Waals surface area contributed by atoms with Crippen molar-refractivity contribution in [1.82, 2.24) is 14.7 Å². The van der Waals surface area contributed by atoms with Crippen molar-refractivity contribution in [3.8, 4) is 0 Å². The predicted molar refractivity (Wildman–Crippen MR) is 91.9 cm³/mol. The maximum Gasteiger partial charge on any atom is 0.359 e. The van der Waals surface area contributed by atoms with Crippen molar-refractivity contribution >= 4 is 29.5 Å². The number of ether oxygens (including phenoxy) is 2. The van der Waals surface area contributed by atoms with E-state index in [-0.39, 0.29) is 16.8 Å². The normalized spacial score (nSPS) is 12.8. The lowest BCUT2D eigenvalue weighted by molar-refractivity contribution is 0.0550. The van der Waals surface area contributed by atoms with E-state index in [1.165, 1.54) is 12.1 Å². The van der Waals surface area contributed by atoms with Gasteiger partial charge in [-0.15, -0.1) is 0 Å². The van der Waals surface area contributed by atoms with Gasteiger partial charge in [0.25, 0.3) is 11.8 Å². The molecule has 1 aromatic heterocycles. The molecule has 2 amide bonds. The minimum atomic E-state index is -0.973. The molecule has 0 N–H and O–H groups in total. The van der Waals surface area contributed by atoms with Crippen LogP contribution >= 0.6 is 0 Å². The Kier molecular flexibility index (Phi) is 4.78. The Bertz CT molecular complexity index is 1000. The molecule has 2 heterocycles. The minimum absolute atomic E-state index is 0.213. The summed E-state index contributed by atoms with van der Waals surface area (Å²) in [4.78, 5) is 62.3. The summed E-state index contributed by atoms with van der Waals surface area (Å²) in [7, 11) is 2.16. The number of esters is 2. The first-order valence-corrected chi connectivity index (χ1v) is 8.05. The zero-order valence-electron chi connectivity index (χ0n) is 15.2. The van der Waals surface area contributed by atoms with Crippen molar-refractivity contribution in [1.29, 1.82) is 0 Å². The van der Waals surface area contributed by atoms with Gasteiger partial charge in [-0.3, -0.25) is 19.3 Å². The van der Waals surface area contributed by atoms with Gasteiger partial charge in [-0.25, -0.2) is 14.3 Å². The van der Waals surface area contributed by atoms with Crippen molar-refractivity contribution in [3.63, 3.8) is 0 Å². The SMILES string of the molecule is COC(=O)c1nn(CN2C(=O)c3ccccc3C2=O)c(C(C)=O)c1C(=O)OC. The van der Waals surface area contributed by atoms with Gasteiger partial charge in [-0.1, -0.05) is 12.1 Å². The smallest absolute Gasteiger partial charge is 0.359 e. The molecule has 3 rings (SSSR count). The number of methoxy groups -OCH3 is 2. The Labute approximate surface area is 158 Å². The van der Waals surface area contributed by atoms with Gasteiger partial charge < -0.3 is 9.47 Å². The van der Waals surface area contributed by atoms with Gasteiger partial charge in [-0.2, -0.15) is 5.10 Å². The number of fused-ring (bicyclic) bond motifs is 1. The number of rotatable bonds is 5. The second kappa shape index (κ2) is 7.06. The second-order valence-corrected chi connectivity index (χ2v) is 5.84. The van der Waals surface area contributed by atoms with Gasteiger partial charge >= 0.3 is 11.9 Å². The maximum atomic E-state index is 12.6. The number of imide groups is 1. The molecule has 0 bridgehead atoms. The Morgan fingerprint density at radius 1 is 0.964 bits per heavy atom. The Morgan fingerprint density at radius 3 is 1.96 bits per heavy atom. The standard InChI is InChI=1S/C18H15N3O7/c1-9(22)14-12(17(25)27-2)13(18(26)28-3)19-21(14)8-20-15(23)10-6-4-5-7-11(10)16(20)24/h4-7H,8H2,1-3H3. The first-order chi connectivity index (χ1) is 13.3. The number of benzene rings is 1. The van der Waals surface area contributed by atoms with E-state index in [4.69, 9.17) is 0 Å². The third-order valence-corrected chi connectivity index (χ3v) is 4.21. The lowest BCUT2D eigenvalue weighted by atomic mass is 10.1. The highest BCUT2D eigenvalue weighted by atomic mass is 16.5. The van der Waals surface area contributed by atoms with E-state index >= 15 is 0 Å². The Morgan fingerprint density at radius 2 is 1.50 bits per heavy atom. The second-order valence-electron chi connectivity index (χ2n) is 5.84. The van der Waals surface area contributed by atoms with Crippen LogP contribution in [-0.2, 0) is 16.1 Å². The van der Waals surface area contributed by atoms with Crippen molar-refractivity contribution in [2.24, 2.45) is 0 Å². The molecule has 1 aliphatic rings. The maximum absolute atomic E-state index is 12.6. The molecule has 0 spiro atoms. The van der Waals surface area contributed by atoms with Gasteiger partial charge in [-0.05, 0) is 12.1 Å². The van der Waals surface area contributed by atoms with Crippen LogP contribution in [0.15, 0.2) is 24.3 Å². The van der Waals surface area contributed by atoms with Gasteiger partial charge in [0.05, 0.1) is 25.3 Å². The molecule has 0 saturated carbocycles. The van der Waals surface area contributed by atoms with Crippen molar-refractivity contribution in [3.05, 3.63) is 52.3 Å². The zero-order chi connectivity index (χ0) is 20.6. The summed E-state index contributed by atoms with van der Waals surface area (Å²) in [5, 5.41) is 3.94. The third kappa shape index (κ3) is 2.84. The number of aromatic nitrogens is 2. The van der Waals surface area contributed by atoms with Crippen LogP contribution in [0.25, 0.3) is 0 Å². The number of Topliss-reactive ketones (excluding diaryl/α,β-unsaturated/α-hetero) is 1. The Hall–Kier alpha value is -3.82. The summed E-state index contributed by atoms with van der Waals surface area (Å²) in [6, 6.07) is 6.24. The fraction of sp³-hybridized carbons (Fsp3) is 0.222. The Balaban J connectivity index is 2.10. The molecule has 0 aliphatic carbocycles. The minimum Gasteiger partial charge on any atom is -0.465 e. The molecule has 144 valence electrons. The average Bonchev–Trinajstić information content (AvgIpc) is 3.19. The molecule has 1 aliphatic heterocycles. The molecule has 10 heteroatoms. The first-order valence-electron chi connectivity index (χ1n) is 8.05. The van der Waals surface area contributed by atoms with Crippen LogP contribution < -0.4 is 0 Å². The van der Waals surface area contributed by atoms with Gasteiger partial charge in [0.1, 0.15) is 17.9 Å². The quantitative estimate of drug-likeness (QED) is 0.422. The van der Waals surface area contributed by atoms with E-state index in [0.717, 1.165) is 30.7 Å². The molecular formula is C18H15N3O7. The van der Waals surface area contributed by atoms with Crippen LogP contribution in [0.3, 0.4) is 0 Å². The molecule has 0 radical (unpaired) electrons. The summed E-state index contributed by atoms with van der Waals surface area (Å²) in [6.45, 7) is 0.686. The van der Waals surface area contributed by atoms with E-state index < -0.39 is 47.5 Å². The molecule has 0 unspecified atom stereocenters. The molecular weight excluding hydrogens is 370 g/mol. The van der Waals surface area contributed by atoms with Gasteiger partial charge in [0.2, 0.25) is 0 Å². The number of hydrogen-bond acceptors (Lipinski definition) is 8. The number of amides is 2. The summed E-state index contributed by atoms with van der Waals surface area (Å²) in [5.74, 6) is -3.71. The van der Waals surface area contributed by atoms with Crippen LogP contribution in [0.2, 0.25) is 0 Å². The average molecular weight is 385 g/mol. The molecule has 0 saturated heterocycles. The molecule has 28 heavy (non-hydrogen) atoms. The highest BCUT2D eigenvalue weighted by Gasteiger charge is 2.38. The largest absolute Gasteiger partial charge is 0.465 e. The zero-order valence-corrected chi connectivity index (χ0v) is 15.2. The van der Waals surface area contributed by atoms with E-state index in [1.807, 2.05) is 0 Å². The van der Waals surface area contributed by atoms with E-state index in [2.05, 4.69) is 14.6 Å². The monoisotopic (exact) mass is 385 g/mol. The molecule has 10 nitrogen and oxygen atoms in total. The van der Waals surface area contributed by atoms with Crippen LogP contribution in [0, 0.1) is 0 Å². The van der Waals surface area contributed by atoms with Crippen molar-refractivity contribution in [2.45, 2.75) is 13.6 Å². The lowest BCUT2D eigenvalue weighted by Gasteiger charge is -2.15. The highest BCUT2D eigenvalue weighted by Crippen LogP contribution is 2.25. The number of ketones is 1. The van der Waals surface area contributed by atoms with Crippen molar-refractivity contribution < 1.29 is 33.4 Å². The fourth-order valence-electron chi connectivity index (χ4n) is 2.96. The van der Waals surface area contributed by atoms with Crippen LogP contribution in [0.4, 0.5) is 0 Å². The number of nitrogens with zero attached hydrogens (tertiary/aromatic N) is 3. The summed E-state index contributed by atoms with van der Waals surface area (Å²) in [6.07, 6.45) is 0.